The van der Waals surface area contributed by atoms with Gasteiger partial charge in [-0.15, -0.1) is 11.3 Å². The van der Waals surface area contributed by atoms with Crippen molar-refractivity contribution in [3.63, 3.8) is 0 Å². The van der Waals surface area contributed by atoms with Crippen molar-refractivity contribution < 1.29 is 14.6 Å². The topological polar surface area (TPSA) is 102 Å². The van der Waals surface area contributed by atoms with Crippen LogP contribution in [0.15, 0.2) is 0 Å². The predicted molar refractivity (Wildman–Crippen MR) is 98.3 cm³/mol. The molecule has 2 aromatic heterocycles. The molecule has 0 radical (unpaired) electrons. The Hall–Kier alpha value is -1.77. The number of aryl methyl sites for hydroxylation is 2. The third kappa shape index (κ3) is 3.33. The average molecular weight is 364 g/mol. The predicted octanol–water partition coefficient (Wildman–Crippen LogP) is 1.77. The molecule has 3 N–H and O–H groups in total. The number of hydrogen-bond donors (Lipinski definition) is 2. The molecule has 0 bridgehead atoms. The first-order valence-corrected chi connectivity index (χ1v) is 9.29. The fourth-order valence-corrected chi connectivity index (χ4v) is 4.28. The van der Waals surface area contributed by atoms with Crippen LogP contribution >= 0.6 is 11.3 Å². The molecule has 0 amide bonds. The van der Waals surface area contributed by atoms with Gasteiger partial charge < -0.3 is 20.5 Å². The van der Waals surface area contributed by atoms with Gasteiger partial charge in [-0.2, -0.15) is 0 Å². The number of carbonyl (C=O) groups excluding carboxylic acids is 1. The lowest BCUT2D eigenvalue weighted by molar-refractivity contribution is 0.0531. The van der Waals surface area contributed by atoms with Crippen molar-refractivity contribution in [3.05, 3.63) is 16.3 Å². The SMILES string of the molecule is CCOC(=O)c1sc2nc(C)nc(N3CCC(N)(CO)CC3)c2c1C. The molecular weight excluding hydrogens is 340 g/mol. The molecule has 3 rings (SSSR count). The van der Waals surface area contributed by atoms with E-state index >= 15 is 0 Å². The second-order valence-corrected chi connectivity index (χ2v) is 7.56. The number of thiophene rings is 1. The Bertz CT molecular complexity index is 797. The van der Waals surface area contributed by atoms with Gasteiger partial charge in [0.25, 0.3) is 0 Å². The summed E-state index contributed by atoms with van der Waals surface area (Å²) in [5.74, 6) is 1.20. The highest BCUT2D eigenvalue weighted by Crippen LogP contribution is 2.37. The Labute approximate surface area is 150 Å². The molecule has 8 heteroatoms. The van der Waals surface area contributed by atoms with Gasteiger partial charge in [0, 0.05) is 18.6 Å². The molecular formula is C17H24N4O3S. The van der Waals surface area contributed by atoms with Crippen molar-refractivity contribution in [1.82, 2.24) is 9.97 Å². The van der Waals surface area contributed by atoms with Gasteiger partial charge in [-0.3, -0.25) is 0 Å². The van der Waals surface area contributed by atoms with E-state index in [4.69, 9.17) is 10.5 Å². The fraction of sp³-hybridized carbons (Fsp3) is 0.588. The number of fused-ring (bicyclic) bond motifs is 1. The van der Waals surface area contributed by atoms with Crippen LogP contribution in [0.25, 0.3) is 10.2 Å². The minimum Gasteiger partial charge on any atom is -0.462 e. The van der Waals surface area contributed by atoms with Gasteiger partial charge in [-0.25, -0.2) is 14.8 Å². The number of aromatic nitrogens is 2. The molecule has 25 heavy (non-hydrogen) atoms. The molecule has 1 saturated heterocycles. The normalized spacial score (nSPS) is 17.1. The number of carbonyl (C=O) groups is 1. The van der Waals surface area contributed by atoms with E-state index in [9.17, 15) is 9.90 Å². The third-order valence-corrected chi connectivity index (χ3v) is 5.88. The van der Waals surface area contributed by atoms with Crippen molar-refractivity contribution >= 4 is 33.3 Å². The molecule has 0 atom stereocenters. The van der Waals surface area contributed by atoms with Gasteiger partial charge >= 0.3 is 5.97 Å². The van der Waals surface area contributed by atoms with Crippen molar-refractivity contribution in [1.29, 1.82) is 0 Å². The van der Waals surface area contributed by atoms with Gasteiger partial charge in [0.2, 0.25) is 0 Å². The molecule has 3 heterocycles. The standard InChI is InChI=1S/C17H24N4O3S/c1-4-24-16(23)13-10(2)12-14(19-11(3)20-15(12)25-13)21-7-5-17(18,9-22)6-8-21/h22H,4-9,18H2,1-3H3. The first-order chi connectivity index (χ1) is 11.9. The largest absolute Gasteiger partial charge is 0.462 e. The Morgan fingerprint density at radius 2 is 2.04 bits per heavy atom. The van der Waals surface area contributed by atoms with Crippen molar-refractivity contribution in [2.45, 2.75) is 39.2 Å². The second-order valence-electron chi connectivity index (χ2n) is 6.56. The summed E-state index contributed by atoms with van der Waals surface area (Å²) in [6.07, 6.45) is 1.39. The summed E-state index contributed by atoms with van der Waals surface area (Å²) in [6.45, 7) is 7.33. The third-order valence-electron chi connectivity index (χ3n) is 4.72. The lowest BCUT2D eigenvalue weighted by Gasteiger charge is -2.38. The number of nitrogens with zero attached hydrogens (tertiary/aromatic N) is 3. The number of aliphatic hydroxyl groups is 1. The van der Waals surface area contributed by atoms with E-state index in [0.717, 1.165) is 21.6 Å². The molecule has 1 aliphatic rings. The van der Waals surface area contributed by atoms with Crippen LogP contribution in [-0.2, 0) is 4.74 Å². The first kappa shape index (κ1) is 18.0. The van der Waals surface area contributed by atoms with Crippen LogP contribution in [0, 0.1) is 13.8 Å². The number of aliphatic hydroxyl groups excluding tert-OH is 1. The molecule has 1 fully saturated rings. The molecule has 0 unspecified atom stereocenters. The Balaban J connectivity index is 2.02. The summed E-state index contributed by atoms with van der Waals surface area (Å²) in [6, 6.07) is 0. The molecule has 7 nitrogen and oxygen atoms in total. The Morgan fingerprint density at radius 3 is 2.64 bits per heavy atom. The van der Waals surface area contributed by atoms with E-state index < -0.39 is 5.54 Å². The number of ether oxygens (including phenoxy) is 1. The molecule has 0 aromatic carbocycles. The van der Waals surface area contributed by atoms with Crippen LogP contribution in [-0.4, -0.2) is 52.9 Å². The number of rotatable bonds is 4. The number of esters is 1. The van der Waals surface area contributed by atoms with Crippen molar-refractivity contribution in [2.75, 3.05) is 31.2 Å². The van der Waals surface area contributed by atoms with Crippen LogP contribution in [0.4, 0.5) is 5.82 Å². The molecule has 2 aromatic rings. The maximum Gasteiger partial charge on any atom is 0.348 e. The summed E-state index contributed by atoms with van der Waals surface area (Å²) < 4.78 is 5.16. The van der Waals surface area contributed by atoms with Crippen molar-refractivity contribution in [3.8, 4) is 0 Å². The fourth-order valence-electron chi connectivity index (χ4n) is 3.16. The van der Waals surface area contributed by atoms with Crippen LogP contribution in [0.2, 0.25) is 0 Å². The van der Waals surface area contributed by atoms with Gasteiger partial charge in [0.1, 0.15) is 21.3 Å². The maximum atomic E-state index is 12.2. The summed E-state index contributed by atoms with van der Waals surface area (Å²) in [7, 11) is 0. The molecule has 0 aliphatic carbocycles. The van der Waals surface area contributed by atoms with E-state index in [1.54, 1.807) is 6.92 Å². The number of piperidine rings is 1. The van der Waals surface area contributed by atoms with Crippen LogP contribution in [0.5, 0.6) is 0 Å². The highest BCUT2D eigenvalue weighted by Gasteiger charge is 2.32. The van der Waals surface area contributed by atoms with E-state index in [2.05, 4.69) is 14.9 Å². The van der Waals surface area contributed by atoms with Crippen LogP contribution in [0.3, 0.4) is 0 Å². The zero-order valence-corrected chi connectivity index (χ0v) is 15.7. The smallest absolute Gasteiger partial charge is 0.348 e. The van der Waals surface area contributed by atoms with E-state index in [1.807, 2.05) is 13.8 Å². The molecule has 136 valence electrons. The lowest BCUT2D eigenvalue weighted by atomic mass is 9.89. The summed E-state index contributed by atoms with van der Waals surface area (Å²) in [4.78, 5) is 24.9. The van der Waals surface area contributed by atoms with Gasteiger partial charge in [0.15, 0.2) is 0 Å². The van der Waals surface area contributed by atoms with Crippen molar-refractivity contribution in [2.24, 2.45) is 5.73 Å². The zero-order valence-electron chi connectivity index (χ0n) is 14.8. The molecule has 0 saturated carbocycles. The monoisotopic (exact) mass is 364 g/mol. The zero-order chi connectivity index (χ0) is 18.2. The number of nitrogens with two attached hydrogens (primary N) is 1. The summed E-state index contributed by atoms with van der Waals surface area (Å²) in [5, 5.41) is 10.4. The Morgan fingerprint density at radius 1 is 1.36 bits per heavy atom. The van der Waals surface area contributed by atoms with E-state index in [-0.39, 0.29) is 12.6 Å². The van der Waals surface area contributed by atoms with Crippen LogP contribution in [0.1, 0.15) is 40.8 Å². The minimum atomic E-state index is -0.516. The Kier molecular flexibility index (Phi) is 4.95. The minimum absolute atomic E-state index is 0.0104. The number of hydrogen-bond acceptors (Lipinski definition) is 8. The summed E-state index contributed by atoms with van der Waals surface area (Å²) >= 11 is 1.35. The van der Waals surface area contributed by atoms with Gasteiger partial charge in [-0.05, 0) is 39.2 Å². The van der Waals surface area contributed by atoms with E-state index in [0.29, 0.717) is 43.2 Å². The maximum absolute atomic E-state index is 12.2. The highest BCUT2D eigenvalue weighted by atomic mass is 32.1. The summed E-state index contributed by atoms with van der Waals surface area (Å²) in [5.41, 5.74) is 6.52. The average Bonchev–Trinajstić information content (AvgIpc) is 2.92. The second kappa shape index (κ2) is 6.86. The molecule has 1 aliphatic heterocycles. The quantitative estimate of drug-likeness (QED) is 0.797. The first-order valence-electron chi connectivity index (χ1n) is 8.48. The highest BCUT2D eigenvalue weighted by molar-refractivity contribution is 7.20. The molecule has 0 spiro atoms. The lowest BCUT2D eigenvalue weighted by Crippen LogP contribution is -2.53. The van der Waals surface area contributed by atoms with Crippen LogP contribution < -0.4 is 10.6 Å². The van der Waals surface area contributed by atoms with Gasteiger partial charge in [-0.1, -0.05) is 0 Å². The van der Waals surface area contributed by atoms with Gasteiger partial charge in [0.05, 0.1) is 18.6 Å². The van der Waals surface area contributed by atoms with E-state index in [1.165, 1.54) is 11.3 Å². The number of anilines is 1.